The van der Waals surface area contributed by atoms with Crippen molar-refractivity contribution < 1.29 is 14.2 Å². The Bertz CT molecular complexity index is 236. The van der Waals surface area contributed by atoms with Gasteiger partial charge in [0.1, 0.15) is 0 Å². The van der Waals surface area contributed by atoms with Crippen LogP contribution in [0.25, 0.3) is 0 Å². The van der Waals surface area contributed by atoms with E-state index in [2.05, 4.69) is 19.1 Å². The van der Waals surface area contributed by atoms with E-state index in [0.717, 1.165) is 31.0 Å². The van der Waals surface area contributed by atoms with Crippen LogP contribution in [0.1, 0.15) is 26.2 Å². The largest absolute Gasteiger partial charge is 0.501 e. The average Bonchev–Trinajstić information content (AvgIpc) is 2.34. The summed E-state index contributed by atoms with van der Waals surface area (Å²) in [7, 11) is 3.39. The van der Waals surface area contributed by atoms with Gasteiger partial charge in [-0.25, -0.2) is 0 Å². The summed E-state index contributed by atoms with van der Waals surface area (Å²) in [4.78, 5) is 0. The molecule has 0 bridgehead atoms. The Morgan fingerprint density at radius 1 is 1.19 bits per heavy atom. The lowest BCUT2D eigenvalue weighted by Gasteiger charge is -2.19. The Kier molecular flexibility index (Phi) is 6.01. The van der Waals surface area contributed by atoms with E-state index in [4.69, 9.17) is 14.2 Å². The van der Waals surface area contributed by atoms with Gasteiger partial charge in [0.15, 0.2) is 0 Å². The fraction of sp³-hybridized carbons (Fsp3) is 0.692. The quantitative estimate of drug-likeness (QED) is 0.625. The van der Waals surface area contributed by atoms with Gasteiger partial charge < -0.3 is 14.2 Å². The minimum Gasteiger partial charge on any atom is -0.501 e. The van der Waals surface area contributed by atoms with Crippen LogP contribution in [0, 0.1) is 5.92 Å². The summed E-state index contributed by atoms with van der Waals surface area (Å²) in [5, 5.41) is 0. The van der Waals surface area contributed by atoms with Crippen molar-refractivity contribution in [2.24, 2.45) is 5.92 Å². The predicted octanol–water partition coefficient (Wildman–Crippen LogP) is 2.88. The second-order valence-corrected chi connectivity index (χ2v) is 3.94. The van der Waals surface area contributed by atoms with E-state index in [9.17, 15) is 0 Å². The molecule has 0 heterocycles. The highest BCUT2D eigenvalue weighted by Crippen LogP contribution is 2.23. The summed E-state index contributed by atoms with van der Waals surface area (Å²) in [6.45, 7) is 3.70. The highest BCUT2D eigenvalue weighted by molar-refractivity contribution is 5.18. The smallest absolute Gasteiger partial charge is 0.0997 e. The Balaban J connectivity index is 2.40. The first-order chi connectivity index (χ1) is 7.80. The van der Waals surface area contributed by atoms with E-state index in [1.165, 1.54) is 6.42 Å². The minimum atomic E-state index is 0.274. The molecule has 0 fully saturated rings. The zero-order valence-corrected chi connectivity index (χ0v) is 10.5. The maximum atomic E-state index is 5.60. The Hall–Kier alpha value is -0.960. The number of methoxy groups -OCH3 is 2. The standard InChI is InChI=1S/C13H22O3/c1-4-5-6-16-10-11-7-12(14-2)9-13(8-11)15-3/h7-8,11H,4-6,9-10H2,1-3H3. The molecular formula is C13H22O3. The van der Waals surface area contributed by atoms with Crippen molar-refractivity contribution >= 4 is 0 Å². The van der Waals surface area contributed by atoms with Gasteiger partial charge in [-0.1, -0.05) is 13.3 Å². The summed E-state index contributed by atoms with van der Waals surface area (Å²) >= 11 is 0. The van der Waals surface area contributed by atoms with Gasteiger partial charge in [0.2, 0.25) is 0 Å². The molecule has 0 aliphatic heterocycles. The third-order valence-electron chi connectivity index (χ3n) is 2.63. The number of unbranched alkanes of at least 4 members (excludes halogenated alkanes) is 1. The van der Waals surface area contributed by atoms with Crippen LogP contribution in [0.15, 0.2) is 23.7 Å². The van der Waals surface area contributed by atoms with E-state index < -0.39 is 0 Å². The maximum Gasteiger partial charge on any atom is 0.0997 e. The van der Waals surface area contributed by atoms with Crippen LogP contribution in [0.2, 0.25) is 0 Å². The third kappa shape index (κ3) is 4.27. The van der Waals surface area contributed by atoms with E-state index in [1.54, 1.807) is 14.2 Å². The SMILES string of the molecule is CCCCOCC1C=C(OC)CC(OC)=C1. The fourth-order valence-corrected chi connectivity index (χ4v) is 1.66. The molecule has 0 amide bonds. The monoisotopic (exact) mass is 226 g/mol. The van der Waals surface area contributed by atoms with Crippen LogP contribution in [-0.2, 0) is 14.2 Å². The highest BCUT2D eigenvalue weighted by Gasteiger charge is 2.15. The number of hydrogen-bond acceptors (Lipinski definition) is 3. The molecule has 0 saturated heterocycles. The molecule has 0 aromatic carbocycles. The van der Waals surface area contributed by atoms with Crippen LogP contribution in [0.5, 0.6) is 0 Å². The van der Waals surface area contributed by atoms with Gasteiger partial charge in [0, 0.05) is 12.5 Å². The number of ether oxygens (including phenoxy) is 3. The molecule has 0 atom stereocenters. The Morgan fingerprint density at radius 3 is 2.31 bits per heavy atom. The van der Waals surface area contributed by atoms with Crippen LogP contribution in [-0.4, -0.2) is 27.4 Å². The molecule has 1 rings (SSSR count). The van der Waals surface area contributed by atoms with Gasteiger partial charge in [-0.3, -0.25) is 0 Å². The fourth-order valence-electron chi connectivity index (χ4n) is 1.66. The molecular weight excluding hydrogens is 204 g/mol. The lowest BCUT2D eigenvalue weighted by atomic mass is 10.0. The molecule has 0 aromatic rings. The van der Waals surface area contributed by atoms with E-state index in [-0.39, 0.29) is 5.92 Å². The zero-order chi connectivity index (χ0) is 11.8. The molecule has 1 aliphatic carbocycles. The Labute approximate surface area is 98.1 Å². The van der Waals surface area contributed by atoms with Crippen molar-refractivity contribution in [3.05, 3.63) is 23.7 Å². The second-order valence-electron chi connectivity index (χ2n) is 3.94. The summed E-state index contributed by atoms with van der Waals surface area (Å²) in [5.41, 5.74) is 0. The lowest BCUT2D eigenvalue weighted by molar-refractivity contribution is 0.115. The first-order valence-corrected chi connectivity index (χ1v) is 5.87. The van der Waals surface area contributed by atoms with E-state index >= 15 is 0 Å². The first kappa shape index (κ1) is 13.1. The van der Waals surface area contributed by atoms with Gasteiger partial charge >= 0.3 is 0 Å². The molecule has 0 unspecified atom stereocenters. The van der Waals surface area contributed by atoms with Gasteiger partial charge in [0.05, 0.1) is 38.8 Å². The van der Waals surface area contributed by atoms with Gasteiger partial charge in [-0.15, -0.1) is 0 Å². The zero-order valence-electron chi connectivity index (χ0n) is 10.5. The molecule has 3 heteroatoms. The predicted molar refractivity (Wildman–Crippen MR) is 64.0 cm³/mol. The van der Waals surface area contributed by atoms with Crippen LogP contribution < -0.4 is 0 Å². The van der Waals surface area contributed by atoms with Crippen LogP contribution >= 0.6 is 0 Å². The van der Waals surface area contributed by atoms with Crippen molar-refractivity contribution in [1.29, 1.82) is 0 Å². The van der Waals surface area contributed by atoms with Crippen LogP contribution in [0.3, 0.4) is 0 Å². The molecule has 0 N–H and O–H groups in total. The minimum absolute atomic E-state index is 0.274. The molecule has 16 heavy (non-hydrogen) atoms. The van der Waals surface area contributed by atoms with Gasteiger partial charge in [-0.05, 0) is 18.6 Å². The molecule has 0 aromatic heterocycles. The Morgan fingerprint density at radius 2 is 1.81 bits per heavy atom. The van der Waals surface area contributed by atoms with Crippen molar-refractivity contribution in [3.63, 3.8) is 0 Å². The number of hydrogen-bond donors (Lipinski definition) is 0. The average molecular weight is 226 g/mol. The summed E-state index contributed by atoms with van der Waals surface area (Å²) < 4.78 is 16.1. The summed E-state index contributed by atoms with van der Waals surface area (Å²) in [6.07, 6.45) is 7.25. The molecule has 0 radical (unpaired) electrons. The van der Waals surface area contributed by atoms with E-state index in [0.29, 0.717) is 6.61 Å². The van der Waals surface area contributed by atoms with Crippen molar-refractivity contribution in [1.82, 2.24) is 0 Å². The van der Waals surface area contributed by atoms with E-state index in [1.807, 2.05) is 0 Å². The normalized spacial score (nSPS) is 16.7. The van der Waals surface area contributed by atoms with Gasteiger partial charge in [0.25, 0.3) is 0 Å². The molecule has 0 spiro atoms. The second kappa shape index (κ2) is 7.34. The third-order valence-corrected chi connectivity index (χ3v) is 2.63. The van der Waals surface area contributed by atoms with Crippen molar-refractivity contribution in [2.75, 3.05) is 27.4 Å². The van der Waals surface area contributed by atoms with Crippen LogP contribution in [0.4, 0.5) is 0 Å². The first-order valence-electron chi connectivity index (χ1n) is 5.87. The maximum absolute atomic E-state index is 5.60. The summed E-state index contributed by atoms with van der Waals surface area (Å²) in [5.74, 6) is 2.20. The highest BCUT2D eigenvalue weighted by atomic mass is 16.5. The van der Waals surface area contributed by atoms with Gasteiger partial charge in [-0.2, -0.15) is 0 Å². The molecule has 3 nitrogen and oxygen atoms in total. The topological polar surface area (TPSA) is 27.7 Å². The molecule has 0 saturated carbocycles. The molecule has 1 aliphatic rings. The summed E-state index contributed by atoms with van der Waals surface area (Å²) in [6, 6.07) is 0. The molecule has 92 valence electrons. The van der Waals surface area contributed by atoms with Crippen molar-refractivity contribution in [2.45, 2.75) is 26.2 Å². The lowest BCUT2D eigenvalue weighted by Crippen LogP contribution is -2.12. The van der Waals surface area contributed by atoms with Crippen molar-refractivity contribution in [3.8, 4) is 0 Å². The number of rotatable bonds is 7.